The van der Waals surface area contributed by atoms with Gasteiger partial charge in [-0.15, -0.1) is 0 Å². The van der Waals surface area contributed by atoms with E-state index in [0.29, 0.717) is 26.9 Å². The minimum Gasteiger partial charge on any atom is -0.490 e. The van der Waals surface area contributed by atoms with Gasteiger partial charge in [0, 0.05) is 29.1 Å². The number of nitrogens with zero attached hydrogens (tertiary/aromatic N) is 1. The highest BCUT2D eigenvalue weighted by Crippen LogP contribution is 2.23. The van der Waals surface area contributed by atoms with Gasteiger partial charge in [0.2, 0.25) is 5.91 Å². The zero-order valence-corrected chi connectivity index (χ0v) is 18.1. The Balaban J connectivity index is 1.83. The molecule has 154 valence electrons. The van der Waals surface area contributed by atoms with Crippen LogP contribution in [0.5, 0.6) is 5.75 Å². The Hall–Kier alpha value is -2.28. The fourth-order valence-corrected chi connectivity index (χ4v) is 2.72. The Bertz CT molecular complexity index is 917. The summed E-state index contributed by atoms with van der Waals surface area (Å²) >= 11 is 17.7. The van der Waals surface area contributed by atoms with Gasteiger partial charge in [0.05, 0.1) is 22.4 Å². The van der Waals surface area contributed by atoms with Crippen molar-refractivity contribution >= 4 is 52.8 Å². The van der Waals surface area contributed by atoms with Crippen LogP contribution in [-0.4, -0.2) is 30.7 Å². The van der Waals surface area contributed by atoms with Crippen molar-refractivity contribution in [3.8, 4) is 5.75 Å². The highest BCUT2D eigenvalue weighted by molar-refractivity contribution is 6.42. The highest BCUT2D eigenvalue weighted by Gasteiger charge is 2.09. The standard InChI is InChI=1S/C20H20Cl3N3O3/c1-12(2)29-18-6-4-15(21)9-14(18)11-25-26-19(27)7-8-24-20(28)13-3-5-16(22)17(23)10-13/h3-6,9-12H,7-8H2,1-2H3,(H,24,28)(H,26,27). The van der Waals surface area contributed by atoms with Crippen LogP contribution in [0.25, 0.3) is 0 Å². The Morgan fingerprint density at radius 2 is 1.86 bits per heavy atom. The van der Waals surface area contributed by atoms with E-state index in [4.69, 9.17) is 39.5 Å². The van der Waals surface area contributed by atoms with Crippen molar-refractivity contribution in [1.82, 2.24) is 10.7 Å². The zero-order chi connectivity index (χ0) is 21.4. The van der Waals surface area contributed by atoms with Crippen LogP contribution in [0.3, 0.4) is 0 Å². The minimum atomic E-state index is -0.357. The highest BCUT2D eigenvalue weighted by atomic mass is 35.5. The second-order valence-corrected chi connectivity index (χ2v) is 7.53. The lowest BCUT2D eigenvalue weighted by molar-refractivity contribution is -0.120. The normalized spacial score (nSPS) is 11.0. The first-order valence-electron chi connectivity index (χ1n) is 8.77. The van der Waals surface area contributed by atoms with Crippen molar-refractivity contribution in [2.45, 2.75) is 26.4 Å². The summed E-state index contributed by atoms with van der Waals surface area (Å²) in [6.07, 6.45) is 1.49. The molecule has 0 saturated heterocycles. The number of rotatable bonds is 8. The maximum atomic E-state index is 12.0. The number of hydrogen-bond donors (Lipinski definition) is 2. The Morgan fingerprint density at radius 3 is 2.55 bits per heavy atom. The van der Waals surface area contributed by atoms with Crippen LogP contribution >= 0.6 is 34.8 Å². The molecule has 2 aromatic carbocycles. The first-order chi connectivity index (χ1) is 13.8. The van der Waals surface area contributed by atoms with Crippen LogP contribution in [0.15, 0.2) is 41.5 Å². The van der Waals surface area contributed by atoms with Crippen molar-refractivity contribution in [3.05, 3.63) is 62.6 Å². The van der Waals surface area contributed by atoms with Crippen LogP contribution in [-0.2, 0) is 4.79 Å². The van der Waals surface area contributed by atoms with Gasteiger partial charge in [-0.1, -0.05) is 34.8 Å². The summed E-state index contributed by atoms with van der Waals surface area (Å²) in [6, 6.07) is 9.69. The van der Waals surface area contributed by atoms with Gasteiger partial charge in [-0.2, -0.15) is 5.10 Å². The number of amides is 2. The Labute approximate surface area is 184 Å². The predicted molar refractivity (Wildman–Crippen MR) is 116 cm³/mol. The van der Waals surface area contributed by atoms with Gasteiger partial charge >= 0.3 is 0 Å². The Kier molecular flexibility index (Phi) is 8.76. The van der Waals surface area contributed by atoms with Gasteiger partial charge in [0.25, 0.3) is 5.91 Å². The summed E-state index contributed by atoms with van der Waals surface area (Å²) in [6.45, 7) is 3.95. The van der Waals surface area contributed by atoms with E-state index in [2.05, 4.69) is 15.8 Å². The lowest BCUT2D eigenvalue weighted by Crippen LogP contribution is -2.29. The number of halogens is 3. The van der Waals surface area contributed by atoms with E-state index >= 15 is 0 Å². The smallest absolute Gasteiger partial charge is 0.251 e. The number of nitrogens with one attached hydrogen (secondary N) is 2. The fraction of sp³-hybridized carbons (Fsp3) is 0.250. The van der Waals surface area contributed by atoms with Gasteiger partial charge in [-0.3, -0.25) is 9.59 Å². The van der Waals surface area contributed by atoms with Gasteiger partial charge in [0.1, 0.15) is 5.75 Å². The van der Waals surface area contributed by atoms with Crippen molar-refractivity contribution in [2.24, 2.45) is 5.10 Å². The summed E-state index contributed by atoms with van der Waals surface area (Å²) in [5.74, 6) is -0.102. The molecular weight excluding hydrogens is 437 g/mol. The molecule has 0 aromatic heterocycles. The molecule has 2 rings (SSSR count). The first kappa shape index (κ1) is 23.0. The lowest BCUT2D eigenvalue weighted by atomic mass is 10.2. The first-order valence-corrected chi connectivity index (χ1v) is 9.91. The monoisotopic (exact) mass is 455 g/mol. The van der Waals surface area contributed by atoms with Crippen molar-refractivity contribution < 1.29 is 14.3 Å². The van der Waals surface area contributed by atoms with E-state index in [-0.39, 0.29) is 35.9 Å². The van der Waals surface area contributed by atoms with Gasteiger partial charge in [0.15, 0.2) is 0 Å². The molecule has 0 unspecified atom stereocenters. The number of benzene rings is 2. The van der Waals surface area contributed by atoms with E-state index in [0.717, 1.165) is 0 Å². The van der Waals surface area contributed by atoms with Crippen LogP contribution in [0.1, 0.15) is 36.2 Å². The molecule has 0 aliphatic rings. The molecule has 29 heavy (non-hydrogen) atoms. The largest absolute Gasteiger partial charge is 0.490 e. The average Bonchev–Trinajstić information content (AvgIpc) is 2.65. The number of hydrogen-bond acceptors (Lipinski definition) is 4. The third kappa shape index (κ3) is 7.57. The maximum absolute atomic E-state index is 12.0. The van der Waals surface area contributed by atoms with Crippen LogP contribution in [0.4, 0.5) is 0 Å². The summed E-state index contributed by atoms with van der Waals surface area (Å²) in [5.41, 5.74) is 3.40. The third-order valence-electron chi connectivity index (χ3n) is 3.55. The third-order valence-corrected chi connectivity index (χ3v) is 4.52. The van der Waals surface area contributed by atoms with Crippen LogP contribution in [0, 0.1) is 0 Å². The van der Waals surface area contributed by atoms with E-state index in [1.165, 1.54) is 18.3 Å². The molecule has 9 heteroatoms. The molecule has 0 fully saturated rings. The molecule has 0 bridgehead atoms. The van der Waals surface area contributed by atoms with Crippen molar-refractivity contribution in [2.75, 3.05) is 6.54 Å². The molecule has 6 nitrogen and oxygen atoms in total. The fourth-order valence-electron chi connectivity index (χ4n) is 2.24. The molecule has 0 heterocycles. The summed E-state index contributed by atoms with van der Waals surface area (Å²) in [7, 11) is 0. The van der Waals surface area contributed by atoms with E-state index in [1.54, 1.807) is 24.3 Å². The number of ether oxygens (including phenoxy) is 1. The van der Waals surface area contributed by atoms with Gasteiger partial charge < -0.3 is 10.1 Å². The lowest BCUT2D eigenvalue weighted by Gasteiger charge is -2.12. The number of carbonyl (C=O) groups excluding carboxylic acids is 2. The minimum absolute atomic E-state index is 0.0166. The molecule has 0 atom stereocenters. The van der Waals surface area contributed by atoms with E-state index in [9.17, 15) is 9.59 Å². The predicted octanol–water partition coefficient (Wildman–Crippen LogP) is 4.70. The molecule has 0 aliphatic heterocycles. The van der Waals surface area contributed by atoms with E-state index in [1.807, 2.05) is 13.8 Å². The van der Waals surface area contributed by atoms with E-state index < -0.39 is 0 Å². The molecule has 0 spiro atoms. The molecule has 0 saturated carbocycles. The van der Waals surface area contributed by atoms with Crippen molar-refractivity contribution in [3.63, 3.8) is 0 Å². The topological polar surface area (TPSA) is 79.8 Å². The van der Waals surface area contributed by atoms with Gasteiger partial charge in [-0.05, 0) is 50.2 Å². The molecule has 0 radical (unpaired) electrons. The van der Waals surface area contributed by atoms with Crippen LogP contribution < -0.4 is 15.5 Å². The second-order valence-electron chi connectivity index (χ2n) is 6.28. The summed E-state index contributed by atoms with van der Waals surface area (Å²) < 4.78 is 5.68. The zero-order valence-electron chi connectivity index (χ0n) is 15.8. The molecular formula is C20H20Cl3N3O3. The van der Waals surface area contributed by atoms with Crippen molar-refractivity contribution in [1.29, 1.82) is 0 Å². The van der Waals surface area contributed by atoms with Gasteiger partial charge in [-0.25, -0.2) is 5.43 Å². The quantitative estimate of drug-likeness (QED) is 0.446. The summed E-state index contributed by atoms with van der Waals surface area (Å²) in [5, 5.41) is 7.73. The molecule has 2 N–H and O–H groups in total. The Morgan fingerprint density at radius 1 is 1.10 bits per heavy atom. The SMILES string of the molecule is CC(C)Oc1ccc(Cl)cc1C=NNC(=O)CCNC(=O)c1ccc(Cl)c(Cl)c1. The molecule has 2 amide bonds. The molecule has 0 aliphatic carbocycles. The summed E-state index contributed by atoms with van der Waals surface area (Å²) in [4.78, 5) is 24.0. The number of carbonyl (C=O) groups is 2. The average molecular weight is 457 g/mol. The van der Waals surface area contributed by atoms with Crippen LogP contribution in [0.2, 0.25) is 15.1 Å². The second kappa shape index (κ2) is 11.0. The number of hydrazone groups is 1. The molecule has 2 aromatic rings. The maximum Gasteiger partial charge on any atom is 0.251 e.